The van der Waals surface area contributed by atoms with Crippen molar-refractivity contribution >= 4 is 6.09 Å². The van der Waals surface area contributed by atoms with E-state index in [4.69, 9.17) is 9.84 Å². The van der Waals surface area contributed by atoms with Crippen LogP contribution in [0.5, 0.6) is 0 Å². The standard InChI is InChI=1S/C21H25NO3.C6H6/c1-16(22-14-13-20(8-5-15-23)25-21(22)24)17-9-11-19(12-10-17)18-6-3-2-4-7-18;1-2-4-6-5-3-1/h2-4,6-7,9-12,16,20,23H,5,8,13-15H2,1H3;1-6H. The maximum absolute atomic E-state index is 12.3. The summed E-state index contributed by atoms with van der Waals surface area (Å²) in [6.07, 6.45) is 1.90. The van der Waals surface area contributed by atoms with Gasteiger partial charge in [-0.15, -0.1) is 0 Å². The Morgan fingerprint density at radius 3 is 2.00 bits per heavy atom. The molecular formula is C27H31NO3. The highest BCUT2D eigenvalue weighted by Gasteiger charge is 2.30. The van der Waals surface area contributed by atoms with Crippen molar-refractivity contribution in [1.29, 1.82) is 0 Å². The quantitative estimate of drug-likeness (QED) is 0.528. The van der Waals surface area contributed by atoms with Crippen molar-refractivity contribution in [3.63, 3.8) is 0 Å². The lowest BCUT2D eigenvalue weighted by atomic mass is 10.00. The fraction of sp³-hybridized carbons (Fsp3) is 0.296. The van der Waals surface area contributed by atoms with Crippen LogP contribution in [-0.2, 0) is 4.74 Å². The van der Waals surface area contributed by atoms with Crippen LogP contribution in [0.25, 0.3) is 11.1 Å². The number of aliphatic hydroxyl groups excluding tert-OH is 1. The van der Waals surface area contributed by atoms with Gasteiger partial charge >= 0.3 is 6.09 Å². The minimum Gasteiger partial charge on any atom is -0.446 e. The van der Waals surface area contributed by atoms with Crippen molar-refractivity contribution in [2.75, 3.05) is 13.2 Å². The van der Waals surface area contributed by atoms with Gasteiger partial charge in [0, 0.05) is 19.6 Å². The van der Waals surface area contributed by atoms with Crippen LogP contribution in [0.4, 0.5) is 4.79 Å². The highest BCUT2D eigenvalue weighted by molar-refractivity contribution is 5.69. The van der Waals surface area contributed by atoms with E-state index >= 15 is 0 Å². The summed E-state index contributed by atoms with van der Waals surface area (Å²) in [5.41, 5.74) is 3.46. The maximum Gasteiger partial charge on any atom is 0.410 e. The van der Waals surface area contributed by atoms with Gasteiger partial charge < -0.3 is 14.7 Å². The summed E-state index contributed by atoms with van der Waals surface area (Å²) in [5.74, 6) is 0. The first-order chi connectivity index (χ1) is 15.2. The van der Waals surface area contributed by atoms with Crippen LogP contribution < -0.4 is 0 Å². The monoisotopic (exact) mass is 417 g/mol. The van der Waals surface area contributed by atoms with Crippen molar-refractivity contribution in [3.8, 4) is 11.1 Å². The first kappa shape index (κ1) is 22.6. The highest BCUT2D eigenvalue weighted by atomic mass is 16.6. The molecule has 3 aromatic rings. The summed E-state index contributed by atoms with van der Waals surface area (Å²) < 4.78 is 5.51. The Bertz CT molecular complexity index is 870. The zero-order valence-electron chi connectivity index (χ0n) is 18.1. The van der Waals surface area contributed by atoms with Gasteiger partial charge in [0.15, 0.2) is 0 Å². The smallest absolute Gasteiger partial charge is 0.410 e. The Balaban J connectivity index is 0.000000391. The van der Waals surface area contributed by atoms with E-state index in [-0.39, 0.29) is 24.8 Å². The van der Waals surface area contributed by atoms with E-state index in [1.807, 2.05) is 61.5 Å². The first-order valence-corrected chi connectivity index (χ1v) is 10.9. The molecule has 0 bridgehead atoms. The molecule has 0 radical (unpaired) electrons. The Labute approximate surface area is 185 Å². The SMILES string of the molecule is CC(c1ccc(-c2ccccc2)cc1)N1CCC(CCCO)OC1=O.c1ccccc1. The van der Waals surface area contributed by atoms with E-state index in [1.165, 1.54) is 11.1 Å². The number of rotatable bonds is 6. The number of hydrogen-bond acceptors (Lipinski definition) is 3. The number of amides is 1. The largest absolute Gasteiger partial charge is 0.446 e. The third-order valence-corrected chi connectivity index (χ3v) is 5.51. The fourth-order valence-electron chi connectivity index (χ4n) is 3.67. The molecule has 1 amide bonds. The summed E-state index contributed by atoms with van der Waals surface area (Å²) in [5, 5.41) is 8.91. The molecule has 3 aromatic carbocycles. The summed E-state index contributed by atoms with van der Waals surface area (Å²) in [4.78, 5) is 14.1. The van der Waals surface area contributed by atoms with Gasteiger partial charge in [-0.05, 0) is 36.5 Å². The average Bonchev–Trinajstić information content (AvgIpc) is 2.84. The third-order valence-electron chi connectivity index (χ3n) is 5.51. The first-order valence-electron chi connectivity index (χ1n) is 10.9. The number of aliphatic hydroxyl groups is 1. The maximum atomic E-state index is 12.3. The zero-order chi connectivity index (χ0) is 21.9. The molecule has 0 aliphatic carbocycles. The molecule has 1 aliphatic rings. The number of cyclic esters (lactones) is 1. The summed E-state index contributed by atoms with van der Waals surface area (Å²) in [7, 11) is 0. The topological polar surface area (TPSA) is 49.8 Å². The van der Waals surface area contributed by atoms with Gasteiger partial charge in [0.1, 0.15) is 6.10 Å². The molecule has 1 heterocycles. The lowest BCUT2D eigenvalue weighted by molar-refractivity contribution is 0.00760. The molecule has 4 rings (SSSR count). The van der Waals surface area contributed by atoms with Gasteiger partial charge in [0.2, 0.25) is 0 Å². The fourth-order valence-corrected chi connectivity index (χ4v) is 3.67. The molecule has 1 N–H and O–H groups in total. The van der Waals surface area contributed by atoms with Crippen LogP contribution >= 0.6 is 0 Å². The lowest BCUT2D eigenvalue weighted by Gasteiger charge is -2.35. The van der Waals surface area contributed by atoms with Gasteiger partial charge in [0.05, 0.1) is 6.04 Å². The van der Waals surface area contributed by atoms with E-state index in [2.05, 4.69) is 36.4 Å². The number of carbonyl (C=O) groups excluding carboxylic acids is 1. The molecule has 1 fully saturated rings. The number of carbonyl (C=O) groups is 1. The van der Waals surface area contributed by atoms with Crippen LogP contribution in [-0.4, -0.2) is 35.4 Å². The second-order valence-corrected chi connectivity index (χ2v) is 7.67. The third kappa shape index (κ3) is 6.69. The van der Waals surface area contributed by atoms with Gasteiger partial charge in [-0.25, -0.2) is 4.79 Å². The van der Waals surface area contributed by atoms with Crippen LogP contribution in [0.2, 0.25) is 0 Å². The molecule has 4 nitrogen and oxygen atoms in total. The normalized spacial score (nSPS) is 16.6. The van der Waals surface area contributed by atoms with E-state index in [1.54, 1.807) is 4.90 Å². The van der Waals surface area contributed by atoms with Crippen molar-refractivity contribution < 1.29 is 14.6 Å². The van der Waals surface area contributed by atoms with Crippen LogP contribution in [0.15, 0.2) is 91.0 Å². The molecule has 0 saturated carbocycles. The summed E-state index contributed by atoms with van der Waals surface area (Å²) in [6.45, 7) is 2.87. The Hall–Kier alpha value is -3.11. The summed E-state index contributed by atoms with van der Waals surface area (Å²) >= 11 is 0. The Kier molecular flexibility index (Phi) is 8.68. The molecule has 2 unspecified atom stereocenters. The van der Waals surface area contributed by atoms with Crippen molar-refractivity contribution in [1.82, 2.24) is 4.90 Å². The molecule has 0 spiro atoms. The van der Waals surface area contributed by atoms with Crippen molar-refractivity contribution in [2.24, 2.45) is 0 Å². The summed E-state index contributed by atoms with van der Waals surface area (Å²) in [6, 6.07) is 30.6. The Morgan fingerprint density at radius 1 is 0.903 bits per heavy atom. The predicted octanol–water partition coefficient (Wildman–Crippen LogP) is 6.08. The van der Waals surface area contributed by atoms with E-state index in [9.17, 15) is 4.79 Å². The van der Waals surface area contributed by atoms with Gasteiger partial charge in [-0.1, -0.05) is 91.0 Å². The molecule has 0 aromatic heterocycles. The molecule has 2 atom stereocenters. The minimum atomic E-state index is -0.256. The van der Waals surface area contributed by atoms with E-state index in [0.29, 0.717) is 13.0 Å². The van der Waals surface area contributed by atoms with Crippen LogP contribution in [0, 0.1) is 0 Å². The molecule has 1 saturated heterocycles. The van der Waals surface area contributed by atoms with Crippen LogP contribution in [0.3, 0.4) is 0 Å². The molecular weight excluding hydrogens is 386 g/mol. The Morgan fingerprint density at radius 2 is 1.45 bits per heavy atom. The van der Waals surface area contributed by atoms with Crippen molar-refractivity contribution in [3.05, 3.63) is 96.6 Å². The lowest BCUT2D eigenvalue weighted by Crippen LogP contribution is -2.43. The number of hydrogen-bond donors (Lipinski definition) is 1. The minimum absolute atomic E-state index is 0.0175. The molecule has 162 valence electrons. The molecule has 31 heavy (non-hydrogen) atoms. The second-order valence-electron chi connectivity index (χ2n) is 7.67. The average molecular weight is 418 g/mol. The molecule has 4 heteroatoms. The van der Waals surface area contributed by atoms with E-state index in [0.717, 1.165) is 18.4 Å². The number of benzene rings is 3. The van der Waals surface area contributed by atoms with Crippen LogP contribution in [0.1, 0.15) is 37.8 Å². The number of nitrogens with zero attached hydrogens (tertiary/aromatic N) is 1. The predicted molar refractivity (Wildman–Crippen MR) is 125 cm³/mol. The van der Waals surface area contributed by atoms with Crippen molar-refractivity contribution in [2.45, 2.75) is 38.3 Å². The second kappa shape index (κ2) is 11.9. The van der Waals surface area contributed by atoms with Gasteiger partial charge in [-0.3, -0.25) is 0 Å². The van der Waals surface area contributed by atoms with Gasteiger partial charge in [0.25, 0.3) is 0 Å². The molecule has 1 aliphatic heterocycles. The zero-order valence-corrected chi connectivity index (χ0v) is 18.1. The van der Waals surface area contributed by atoms with E-state index < -0.39 is 0 Å². The highest BCUT2D eigenvalue weighted by Crippen LogP contribution is 2.28. The van der Waals surface area contributed by atoms with Gasteiger partial charge in [-0.2, -0.15) is 0 Å². The number of ether oxygens (including phenoxy) is 1.